The van der Waals surface area contributed by atoms with E-state index in [1.54, 1.807) is 0 Å². The van der Waals surface area contributed by atoms with Gasteiger partial charge in [0.1, 0.15) is 5.54 Å². The molecule has 1 aliphatic rings. The van der Waals surface area contributed by atoms with E-state index in [9.17, 15) is 4.79 Å². The number of rotatable bonds is 4. The van der Waals surface area contributed by atoms with E-state index in [-0.39, 0.29) is 16.8 Å². The smallest absolute Gasteiger partial charge is 0.326 e. The second-order valence-corrected chi connectivity index (χ2v) is 7.36. The minimum absolute atomic E-state index is 0.100. The van der Waals surface area contributed by atoms with E-state index in [1.165, 1.54) is 7.11 Å². The molecule has 0 aromatic carbocycles. The van der Waals surface area contributed by atoms with Gasteiger partial charge in [-0.15, -0.1) is 0 Å². The van der Waals surface area contributed by atoms with Crippen molar-refractivity contribution in [2.24, 2.45) is 10.8 Å². The summed E-state index contributed by atoms with van der Waals surface area (Å²) in [6.45, 7) is 12.0. The third-order valence-corrected chi connectivity index (χ3v) is 3.81. The minimum atomic E-state index is -0.504. The van der Waals surface area contributed by atoms with Crippen molar-refractivity contribution in [1.82, 2.24) is 5.32 Å². The number of nitrogens with one attached hydrogen (secondary N) is 1. The highest BCUT2D eigenvalue weighted by Gasteiger charge is 2.51. The van der Waals surface area contributed by atoms with Gasteiger partial charge in [0, 0.05) is 0 Å². The molecular weight excluding hydrogens is 226 g/mol. The quantitative estimate of drug-likeness (QED) is 0.784. The highest BCUT2D eigenvalue weighted by molar-refractivity contribution is 5.81. The molecule has 0 aromatic rings. The zero-order valence-electron chi connectivity index (χ0n) is 12.9. The fourth-order valence-electron chi connectivity index (χ4n) is 4.02. The molecule has 0 spiro atoms. The first-order chi connectivity index (χ1) is 8.16. The normalized spacial score (nSPS) is 24.6. The lowest BCUT2D eigenvalue weighted by atomic mass is 9.58. The maximum atomic E-state index is 12.3. The third-order valence-electron chi connectivity index (χ3n) is 3.81. The summed E-state index contributed by atoms with van der Waals surface area (Å²) in [6, 6.07) is 0. The molecule has 0 atom stereocenters. The van der Waals surface area contributed by atoms with Crippen LogP contribution in [0.25, 0.3) is 0 Å². The minimum Gasteiger partial charge on any atom is -0.468 e. The Balaban J connectivity index is 3.04. The SMILES string of the molecule is CCCNC1(C(=O)OC)CC(C)(C)CC(C)(C)C1. The molecule has 3 nitrogen and oxygen atoms in total. The van der Waals surface area contributed by atoms with Crippen LogP contribution in [0, 0.1) is 10.8 Å². The number of carbonyl (C=O) groups excluding carboxylic acids is 1. The van der Waals surface area contributed by atoms with E-state index in [0.717, 1.165) is 32.2 Å². The Morgan fingerprint density at radius 3 is 2.00 bits per heavy atom. The molecular formula is C15H29NO2. The second kappa shape index (κ2) is 5.20. The first-order valence-corrected chi connectivity index (χ1v) is 7.00. The summed E-state index contributed by atoms with van der Waals surface area (Å²) >= 11 is 0. The lowest BCUT2D eigenvalue weighted by Crippen LogP contribution is -2.60. The van der Waals surface area contributed by atoms with Gasteiger partial charge in [0.2, 0.25) is 0 Å². The van der Waals surface area contributed by atoms with Gasteiger partial charge in [-0.3, -0.25) is 4.79 Å². The van der Waals surface area contributed by atoms with Crippen molar-refractivity contribution in [2.75, 3.05) is 13.7 Å². The Bertz CT molecular complexity index is 292. The molecule has 1 rings (SSSR count). The molecule has 3 heteroatoms. The van der Waals surface area contributed by atoms with Gasteiger partial charge < -0.3 is 10.1 Å². The number of hydrogen-bond donors (Lipinski definition) is 1. The van der Waals surface area contributed by atoms with Crippen molar-refractivity contribution >= 4 is 5.97 Å². The van der Waals surface area contributed by atoms with Gasteiger partial charge in [-0.1, -0.05) is 34.6 Å². The van der Waals surface area contributed by atoms with Crippen LogP contribution < -0.4 is 5.32 Å². The molecule has 18 heavy (non-hydrogen) atoms. The predicted octanol–water partition coefficient (Wildman–Crippen LogP) is 3.13. The van der Waals surface area contributed by atoms with Crippen LogP contribution in [0.1, 0.15) is 60.3 Å². The summed E-state index contributed by atoms with van der Waals surface area (Å²) in [4.78, 5) is 12.3. The van der Waals surface area contributed by atoms with Crippen molar-refractivity contribution in [3.05, 3.63) is 0 Å². The van der Waals surface area contributed by atoms with E-state index in [4.69, 9.17) is 4.74 Å². The van der Waals surface area contributed by atoms with Crippen molar-refractivity contribution in [3.8, 4) is 0 Å². The van der Waals surface area contributed by atoms with Crippen LogP contribution in [0.2, 0.25) is 0 Å². The van der Waals surface area contributed by atoms with Crippen molar-refractivity contribution in [1.29, 1.82) is 0 Å². The molecule has 0 amide bonds. The zero-order valence-corrected chi connectivity index (χ0v) is 12.9. The Hall–Kier alpha value is -0.570. The molecule has 0 saturated heterocycles. The first-order valence-electron chi connectivity index (χ1n) is 7.00. The lowest BCUT2D eigenvalue weighted by Gasteiger charge is -2.50. The van der Waals surface area contributed by atoms with Gasteiger partial charge in [0.05, 0.1) is 7.11 Å². The Morgan fingerprint density at radius 2 is 1.61 bits per heavy atom. The highest BCUT2D eigenvalue weighted by atomic mass is 16.5. The van der Waals surface area contributed by atoms with E-state index in [0.29, 0.717) is 0 Å². The van der Waals surface area contributed by atoms with E-state index in [2.05, 4.69) is 39.9 Å². The Morgan fingerprint density at radius 1 is 1.11 bits per heavy atom. The third kappa shape index (κ3) is 3.47. The van der Waals surface area contributed by atoms with E-state index in [1.807, 2.05) is 0 Å². The van der Waals surface area contributed by atoms with Gasteiger partial charge in [0.25, 0.3) is 0 Å². The van der Waals surface area contributed by atoms with E-state index >= 15 is 0 Å². The highest BCUT2D eigenvalue weighted by Crippen LogP contribution is 2.50. The van der Waals surface area contributed by atoms with Crippen LogP contribution in [0.15, 0.2) is 0 Å². The van der Waals surface area contributed by atoms with Crippen LogP contribution in [0.4, 0.5) is 0 Å². The van der Waals surface area contributed by atoms with Gasteiger partial charge in [-0.05, 0) is 43.1 Å². The molecule has 1 saturated carbocycles. The monoisotopic (exact) mass is 255 g/mol. The molecule has 0 bridgehead atoms. The van der Waals surface area contributed by atoms with Crippen molar-refractivity contribution in [3.63, 3.8) is 0 Å². The maximum absolute atomic E-state index is 12.3. The standard InChI is InChI=1S/C15H29NO2/c1-7-8-16-15(12(17)18-6)10-13(2,3)9-14(4,5)11-15/h16H,7-11H2,1-6H3. The molecule has 106 valence electrons. The Kier molecular flexibility index (Phi) is 4.47. The van der Waals surface area contributed by atoms with Crippen LogP contribution in [0.3, 0.4) is 0 Å². The largest absolute Gasteiger partial charge is 0.468 e. The number of hydrogen-bond acceptors (Lipinski definition) is 3. The van der Waals surface area contributed by atoms with Crippen LogP contribution >= 0.6 is 0 Å². The van der Waals surface area contributed by atoms with Gasteiger partial charge in [-0.2, -0.15) is 0 Å². The Labute approximate surface area is 112 Å². The van der Waals surface area contributed by atoms with Crippen molar-refractivity contribution < 1.29 is 9.53 Å². The summed E-state index contributed by atoms with van der Waals surface area (Å²) in [5.74, 6) is -0.100. The summed E-state index contributed by atoms with van der Waals surface area (Å²) in [5, 5.41) is 3.47. The molecule has 1 fully saturated rings. The van der Waals surface area contributed by atoms with Crippen LogP contribution in [0.5, 0.6) is 0 Å². The van der Waals surface area contributed by atoms with Gasteiger partial charge in [-0.25, -0.2) is 0 Å². The van der Waals surface area contributed by atoms with Gasteiger partial charge >= 0.3 is 5.97 Å². The lowest BCUT2D eigenvalue weighted by molar-refractivity contribution is -0.155. The molecule has 0 heterocycles. The molecule has 0 unspecified atom stereocenters. The fraction of sp³-hybridized carbons (Fsp3) is 0.933. The summed E-state index contributed by atoms with van der Waals surface area (Å²) in [5.41, 5.74) is -0.177. The summed E-state index contributed by atoms with van der Waals surface area (Å²) < 4.78 is 5.08. The first kappa shape index (κ1) is 15.5. The number of esters is 1. The number of ether oxygens (including phenoxy) is 1. The maximum Gasteiger partial charge on any atom is 0.326 e. The molecule has 0 aliphatic heterocycles. The average Bonchev–Trinajstić information content (AvgIpc) is 2.20. The second-order valence-electron chi connectivity index (χ2n) is 7.36. The summed E-state index contributed by atoms with van der Waals surface area (Å²) in [7, 11) is 1.49. The molecule has 0 aromatic heterocycles. The number of carbonyl (C=O) groups is 1. The molecule has 0 radical (unpaired) electrons. The van der Waals surface area contributed by atoms with Crippen LogP contribution in [-0.2, 0) is 9.53 Å². The van der Waals surface area contributed by atoms with Crippen LogP contribution in [-0.4, -0.2) is 25.2 Å². The molecule has 1 aliphatic carbocycles. The number of methoxy groups -OCH3 is 1. The summed E-state index contributed by atoms with van der Waals surface area (Å²) in [6.07, 6.45) is 3.89. The van der Waals surface area contributed by atoms with E-state index < -0.39 is 5.54 Å². The van der Waals surface area contributed by atoms with Crippen molar-refractivity contribution in [2.45, 2.75) is 65.8 Å². The topological polar surface area (TPSA) is 38.3 Å². The molecule has 1 N–H and O–H groups in total. The zero-order chi connectivity index (χ0) is 14.0. The van der Waals surface area contributed by atoms with Gasteiger partial charge in [0.15, 0.2) is 0 Å². The average molecular weight is 255 g/mol. The predicted molar refractivity (Wildman–Crippen MR) is 74.5 cm³/mol. The fourth-order valence-corrected chi connectivity index (χ4v) is 4.02.